The van der Waals surface area contributed by atoms with E-state index < -0.39 is 0 Å². The molecule has 3 heteroatoms. The van der Waals surface area contributed by atoms with Crippen LogP contribution in [0.5, 0.6) is 0 Å². The minimum Gasteiger partial charge on any atom is -0.399 e. The molecule has 0 fully saturated rings. The van der Waals surface area contributed by atoms with Gasteiger partial charge in [0, 0.05) is 12.1 Å². The zero-order valence-electron chi connectivity index (χ0n) is 9.13. The lowest BCUT2D eigenvalue weighted by Crippen LogP contribution is -2.39. The Hall–Kier alpha value is -1.51. The fraction of sp³-hybridized carbons (Fsp3) is 0.417. The monoisotopic (exact) mass is 204 g/mol. The summed E-state index contributed by atoms with van der Waals surface area (Å²) in [6, 6.07) is 5.87. The predicted octanol–water partition coefficient (Wildman–Crippen LogP) is 1.57. The maximum atomic E-state index is 11.5. The molecule has 1 aliphatic rings. The second-order valence-corrected chi connectivity index (χ2v) is 4.59. The van der Waals surface area contributed by atoms with Crippen molar-refractivity contribution in [3.05, 3.63) is 29.3 Å². The molecule has 0 saturated heterocycles. The number of anilines is 1. The molecule has 0 bridgehead atoms. The first-order valence-corrected chi connectivity index (χ1v) is 5.19. The van der Waals surface area contributed by atoms with Crippen LogP contribution in [-0.4, -0.2) is 5.91 Å². The number of aryl methyl sites for hydroxylation is 1. The van der Waals surface area contributed by atoms with E-state index in [1.807, 2.05) is 32.0 Å². The van der Waals surface area contributed by atoms with Crippen LogP contribution in [0.15, 0.2) is 18.2 Å². The Bertz CT molecular complexity index is 410. The molecule has 0 radical (unpaired) electrons. The molecule has 1 aromatic rings. The first-order valence-electron chi connectivity index (χ1n) is 5.19. The highest BCUT2D eigenvalue weighted by molar-refractivity contribution is 5.78. The van der Waals surface area contributed by atoms with Crippen LogP contribution in [-0.2, 0) is 16.8 Å². The summed E-state index contributed by atoms with van der Waals surface area (Å²) in [6.45, 7) is 4.02. The third-order valence-corrected chi connectivity index (χ3v) is 2.88. The van der Waals surface area contributed by atoms with Gasteiger partial charge in [0.2, 0.25) is 5.91 Å². The van der Waals surface area contributed by atoms with Gasteiger partial charge in [-0.2, -0.15) is 0 Å². The number of nitrogen functional groups attached to an aromatic ring is 1. The highest BCUT2D eigenvalue weighted by Gasteiger charge is 2.28. The summed E-state index contributed by atoms with van der Waals surface area (Å²) in [5, 5.41) is 3.01. The van der Waals surface area contributed by atoms with Gasteiger partial charge in [-0.15, -0.1) is 0 Å². The zero-order valence-corrected chi connectivity index (χ0v) is 9.13. The number of nitrogens with one attached hydrogen (secondary N) is 1. The number of carbonyl (C=O) groups excluding carboxylic acids is 1. The SMILES string of the molecule is CC1(C)NC(=O)CCc2ccc(N)cc21. The Balaban J connectivity index is 2.54. The fourth-order valence-corrected chi connectivity index (χ4v) is 2.12. The number of hydrogen-bond acceptors (Lipinski definition) is 2. The van der Waals surface area contributed by atoms with Crippen molar-refractivity contribution >= 4 is 11.6 Å². The number of hydrogen-bond donors (Lipinski definition) is 2. The van der Waals surface area contributed by atoms with Crippen molar-refractivity contribution in [2.45, 2.75) is 32.2 Å². The summed E-state index contributed by atoms with van der Waals surface area (Å²) in [5.41, 5.74) is 8.55. The molecule has 3 nitrogen and oxygen atoms in total. The second kappa shape index (κ2) is 3.26. The molecule has 15 heavy (non-hydrogen) atoms. The van der Waals surface area contributed by atoms with E-state index in [1.165, 1.54) is 5.56 Å². The van der Waals surface area contributed by atoms with Gasteiger partial charge in [0.15, 0.2) is 0 Å². The number of benzene rings is 1. The Kier molecular flexibility index (Phi) is 2.18. The molecule has 0 saturated carbocycles. The van der Waals surface area contributed by atoms with E-state index in [-0.39, 0.29) is 11.4 Å². The lowest BCUT2D eigenvalue weighted by Gasteiger charge is -2.26. The molecule has 1 heterocycles. The van der Waals surface area contributed by atoms with Gasteiger partial charge >= 0.3 is 0 Å². The third kappa shape index (κ3) is 1.82. The van der Waals surface area contributed by atoms with Gasteiger partial charge < -0.3 is 11.1 Å². The van der Waals surface area contributed by atoms with Crippen molar-refractivity contribution in [1.82, 2.24) is 5.32 Å². The number of nitrogens with two attached hydrogens (primary N) is 1. The first kappa shape index (κ1) is 10.0. The molecule has 0 aliphatic carbocycles. The van der Waals surface area contributed by atoms with E-state index in [9.17, 15) is 4.79 Å². The van der Waals surface area contributed by atoms with Gasteiger partial charge in [-0.1, -0.05) is 6.07 Å². The van der Waals surface area contributed by atoms with Crippen LogP contribution in [0.1, 0.15) is 31.4 Å². The summed E-state index contributed by atoms with van der Waals surface area (Å²) in [6.07, 6.45) is 1.35. The van der Waals surface area contributed by atoms with Gasteiger partial charge in [-0.25, -0.2) is 0 Å². The van der Waals surface area contributed by atoms with Crippen molar-refractivity contribution in [1.29, 1.82) is 0 Å². The van der Waals surface area contributed by atoms with Crippen LogP contribution >= 0.6 is 0 Å². The van der Waals surface area contributed by atoms with E-state index in [1.54, 1.807) is 0 Å². The summed E-state index contributed by atoms with van der Waals surface area (Å²) in [7, 11) is 0. The van der Waals surface area contributed by atoms with Crippen molar-refractivity contribution in [3.63, 3.8) is 0 Å². The van der Waals surface area contributed by atoms with Crippen molar-refractivity contribution in [2.75, 3.05) is 5.73 Å². The molecule has 1 aromatic carbocycles. The first-order chi connectivity index (χ1) is 6.99. The average molecular weight is 204 g/mol. The molecule has 0 spiro atoms. The molecule has 0 unspecified atom stereocenters. The number of fused-ring (bicyclic) bond motifs is 1. The third-order valence-electron chi connectivity index (χ3n) is 2.88. The average Bonchev–Trinajstić information content (AvgIpc) is 2.24. The molecular formula is C12H16N2O. The fourth-order valence-electron chi connectivity index (χ4n) is 2.12. The second-order valence-electron chi connectivity index (χ2n) is 4.59. The molecule has 3 N–H and O–H groups in total. The summed E-state index contributed by atoms with van der Waals surface area (Å²) >= 11 is 0. The van der Waals surface area contributed by atoms with Crippen molar-refractivity contribution in [3.8, 4) is 0 Å². The predicted molar refractivity (Wildman–Crippen MR) is 60.3 cm³/mol. The topological polar surface area (TPSA) is 55.1 Å². The number of rotatable bonds is 0. The van der Waals surface area contributed by atoms with Crippen molar-refractivity contribution in [2.24, 2.45) is 0 Å². The van der Waals surface area contributed by atoms with E-state index in [0.717, 1.165) is 17.7 Å². The largest absolute Gasteiger partial charge is 0.399 e. The highest BCUT2D eigenvalue weighted by Crippen LogP contribution is 2.29. The zero-order chi connectivity index (χ0) is 11.1. The lowest BCUT2D eigenvalue weighted by atomic mass is 9.89. The molecule has 0 atom stereocenters. The van der Waals surface area contributed by atoms with Crippen LogP contribution in [0.2, 0.25) is 0 Å². The minimum atomic E-state index is -0.321. The van der Waals surface area contributed by atoms with Crippen LogP contribution in [0.4, 0.5) is 5.69 Å². The van der Waals surface area contributed by atoms with E-state index in [0.29, 0.717) is 6.42 Å². The Morgan fingerprint density at radius 1 is 1.33 bits per heavy atom. The Labute approximate surface area is 89.7 Å². The molecule has 80 valence electrons. The Morgan fingerprint density at radius 2 is 2.07 bits per heavy atom. The molecular weight excluding hydrogens is 188 g/mol. The number of carbonyl (C=O) groups is 1. The van der Waals surface area contributed by atoms with E-state index in [2.05, 4.69) is 5.32 Å². The minimum absolute atomic E-state index is 0.106. The van der Waals surface area contributed by atoms with Gasteiger partial charge in [0.25, 0.3) is 0 Å². The van der Waals surface area contributed by atoms with Gasteiger partial charge in [-0.05, 0) is 43.5 Å². The molecule has 2 rings (SSSR count). The maximum Gasteiger partial charge on any atom is 0.221 e. The van der Waals surface area contributed by atoms with Crippen LogP contribution in [0.25, 0.3) is 0 Å². The van der Waals surface area contributed by atoms with Gasteiger partial charge in [-0.3, -0.25) is 4.79 Å². The van der Waals surface area contributed by atoms with Gasteiger partial charge in [0.1, 0.15) is 0 Å². The van der Waals surface area contributed by atoms with Crippen LogP contribution < -0.4 is 11.1 Å². The molecule has 1 aliphatic heterocycles. The number of amides is 1. The van der Waals surface area contributed by atoms with E-state index in [4.69, 9.17) is 5.73 Å². The molecule has 1 amide bonds. The smallest absolute Gasteiger partial charge is 0.221 e. The standard InChI is InChI=1S/C12H16N2O/c1-12(2)10-7-9(13)5-3-8(10)4-6-11(15)14-12/h3,5,7H,4,6,13H2,1-2H3,(H,14,15). The Morgan fingerprint density at radius 3 is 2.80 bits per heavy atom. The summed E-state index contributed by atoms with van der Waals surface area (Å²) in [4.78, 5) is 11.5. The summed E-state index contributed by atoms with van der Waals surface area (Å²) < 4.78 is 0. The maximum absolute atomic E-state index is 11.5. The van der Waals surface area contributed by atoms with E-state index >= 15 is 0 Å². The normalized spacial score (nSPS) is 18.9. The summed E-state index contributed by atoms with van der Waals surface area (Å²) in [5.74, 6) is 0.106. The lowest BCUT2D eigenvalue weighted by molar-refractivity contribution is -0.122. The van der Waals surface area contributed by atoms with Crippen molar-refractivity contribution < 1.29 is 4.79 Å². The van der Waals surface area contributed by atoms with Crippen LogP contribution in [0, 0.1) is 0 Å². The van der Waals surface area contributed by atoms with Gasteiger partial charge in [0.05, 0.1) is 5.54 Å². The molecule has 0 aromatic heterocycles. The van der Waals surface area contributed by atoms with Crippen LogP contribution in [0.3, 0.4) is 0 Å². The quantitative estimate of drug-likeness (QED) is 0.630. The highest BCUT2D eigenvalue weighted by atomic mass is 16.1.